The first-order valence-corrected chi connectivity index (χ1v) is 5.94. The third-order valence-corrected chi connectivity index (χ3v) is 3.14. The maximum Gasteiger partial charge on any atom is 0.353 e. The molecule has 0 aliphatic rings. The summed E-state index contributed by atoms with van der Waals surface area (Å²) in [7, 11) is 0. The molecule has 0 saturated carbocycles. The lowest BCUT2D eigenvalue weighted by Crippen LogP contribution is -2.21. The second kappa shape index (κ2) is 4.85. The summed E-state index contributed by atoms with van der Waals surface area (Å²) in [6.07, 6.45) is 0. The van der Waals surface area contributed by atoms with Crippen LogP contribution >= 0.6 is 0 Å². The highest BCUT2D eigenvalue weighted by Gasteiger charge is 2.20. The number of aromatic carboxylic acids is 1. The number of aliphatic hydroxyl groups excluding tert-OH is 1. The van der Waals surface area contributed by atoms with Crippen LogP contribution in [0.4, 0.5) is 0 Å². The number of aliphatic hydroxyl groups is 1. The van der Waals surface area contributed by atoms with Gasteiger partial charge in [-0.05, 0) is 17.7 Å². The Morgan fingerprint density at radius 2 is 2.11 bits per heavy atom. The molecule has 0 aliphatic heterocycles. The molecule has 1 aromatic heterocycles. The number of aromatic nitrogens is 2. The fourth-order valence-electron chi connectivity index (χ4n) is 1.77. The van der Waals surface area contributed by atoms with Gasteiger partial charge in [0.2, 0.25) is 0 Å². The van der Waals surface area contributed by atoms with E-state index in [4.69, 9.17) is 5.11 Å². The molecule has 0 atom stereocenters. The summed E-state index contributed by atoms with van der Waals surface area (Å²) in [5.41, 5.74) is 2.09. The van der Waals surface area contributed by atoms with Crippen LogP contribution < -0.4 is 0 Å². The minimum atomic E-state index is -1.04. The van der Waals surface area contributed by atoms with Crippen molar-refractivity contribution in [3.05, 3.63) is 41.6 Å². The number of rotatable bonds is 4. The summed E-state index contributed by atoms with van der Waals surface area (Å²) in [5.74, 6) is -1.04. The molecular formula is C14H16N2O3. The number of hydrogen-bond acceptors (Lipinski definition) is 3. The average Bonchev–Trinajstić information content (AvgIpc) is 2.89. The van der Waals surface area contributed by atoms with E-state index in [1.165, 1.54) is 6.07 Å². The Morgan fingerprint density at radius 3 is 2.68 bits per heavy atom. The molecule has 0 saturated heterocycles. The maximum atomic E-state index is 10.8. The highest BCUT2D eigenvalue weighted by Crippen LogP contribution is 2.27. The van der Waals surface area contributed by atoms with Crippen molar-refractivity contribution in [2.45, 2.75) is 19.3 Å². The van der Waals surface area contributed by atoms with Crippen LogP contribution in [0.2, 0.25) is 0 Å². The van der Waals surface area contributed by atoms with E-state index in [1.54, 1.807) is 0 Å². The number of carboxylic acid groups (broad SMARTS) is 1. The van der Waals surface area contributed by atoms with Crippen LogP contribution in [0.5, 0.6) is 0 Å². The molecule has 2 rings (SSSR count). The zero-order valence-electron chi connectivity index (χ0n) is 10.8. The number of benzene rings is 1. The number of H-pyrrole nitrogens is 1. The molecule has 2 aromatic rings. The minimum Gasteiger partial charge on any atom is -0.477 e. The fourth-order valence-corrected chi connectivity index (χ4v) is 1.77. The van der Waals surface area contributed by atoms with Gasteiger partial charge in [0.1, 0.15) is 5.69 Å². The molecule has 0 unspecified atom stereocenters. The van der Waals surface area contributed by atoms with Gasteiger partial charge in [-0.3, -0.25) is 5.10 Å². The van der Waals surface area contributed by atoms with Gasteiger partial charge in [-0.1, -0.05) is 32.0 Å². The molecule has 19 heavy (non-hydrogen) atoms. The predicted molar refractivity (Wildman–Crippen MR) is 71.1 cm³/mol. The Labute approximate surface area is 110 Å². The summed E-state index contributed by atoms with van der Waals surface area (Å²) in [6.45, 7) is 3.93. The number of carbonyl (C=O) groups is 1. The lowest BCUT2D eigenvalue weighted by molar-refractivity contribution is 0.0690. The van der Waals surface area contributed by atoms with Crippen molar-refractivity contribution in [3.8, 4) is 11.3 Å². The van der Waals surface area contributed by atoms with Gasteiger partial charge in [0.15, 0.2) is 0 Å². The Kier molecular flexibility index (Phi) is 3.40. The van der Waals surface area contributed by atoms with E-state index in [0.717, 1.165) is 11.1 Å². The molecule has 0 aliphatic carbocycles. The second-order valence-electron chi connectivity index (χ2n) is 5.09. The second-order valence-corrected chi connectivity index (χ2v) is 5.09. The summed E-state index contributed by atoms with van der Waals surface area (Å²) in [6, 6.07) is 9.08. The van der Waals surface area contributed by atoms with Gasteiger partial charge in [0, 0.05) is 11.0 Å². The monoisotopic (exact) mass is 260 g/mol. The first-order valence-electron chi connectivity index (χ1n) is 5.94. The van der Waals surface area contributed by atoms with Crippen LogP contribution in [0.25, 0.3) is 11.3 Å². The van der Waals surface area contributed by atoms with Crippen molar-refractivity contribution in [1.82, 2.24) is 10.2 Å². The SMILES string of the molecule is CC(C)(CO)c1cccc(-c2cc(C(=O)O)[nH]n2)c1. The molecular weight excluding hydrogens is 244 g/mol. The Bertz CT molecular complexity index is 602. The maximum absolute atomic E-state index is 10.8. The average molecular weight is 260 g/mol. The highest BCUT2D eigenvalue weighted by atomic mass is 16.4. The van der Waals surface area contributed by atoms with Gasteiger partial charge in [-0.2, -0.15) is 5.10 Å². The van der Waals surface area contributed by atoms with Gasteiger partial charge in [0.25, 0.3) is 0 Å². The van der Waals surface area contributed by atoms with E-state index in [2.05, 4.69) is 10.2 Å². The van der Waals surface area contributed by atoms with Crippen LogP contribution in [0.15, 0.2) is 30.3 Å². The summed E-state index contributed by atoms with van der Waals surface area (Å²) < 4.78 is 0. The van der Waals surface area contributed by atoms with E-state index < -0.39 is 5.97 Å². The molecule has 3 N–H and O–H groups in total. The minimum absolute atomic E-state index is 0.0391. The number of aromatic amines is 1. The lowest BCUT2D eigenvalue weighted by atomic mass is 9.84. The topological polar surface area (TPSA) is 86.2 Å². The van der Waals surface area contributed by atoms with Crippen molar-refractivity contribution >= 4 is 5.97 Å². The third-order valence-electron chi connectivity index (χ3n) is 3.14. The van der Waals surface area contributed by atoms with E-state index in [-0.39, 0.29) is 17.7 Å². The summed E-state index contributed by atoms with van der Waals surface area (Å²) in [4.78, 5) is 10.8. The van der Waals surface area contributed by atoms with Crippen molar-refractivity contribution < 1.29 is 15.0 Å². The van der Waals surface area contributed by atoms with E-state index in [9.17, 15) is 9.90 Å². The van der Waals surface area contributed by atoms with Gasteiger partial charge < -0.3 is 10.2 Å². The molecule has 0 fully saturated rings. The van der Waals surface area contributed by atoms with Crippen molar-refractivity contribution in [2.75, 3.05) is 6.61 Å². The van der Waals surface area contributed by atoms with Crippen LogP contribution in [0.1, 0.15) is 29.9 Å². The molecule has 5 heteroatoms. The number of nitrogens with zero attached hydrogens (tertiary/aromatic N) is 1. The van der Waals surface area contributed by atoms with Gasteiger partial charge in [0.05, 0.1) is 12.3 Å². The molecule has 100 valence electrons. The Balaban J connectivity index is 2.40. The highest BCUT2D eigenvalue weighted by molar-refractivity contribution is 5.86. The zero-order chi connectivity index (χ0) is 14.0. The molecule has 0 spiro atoms. The smallest absolute Gasteiger partial charge is 0.353 e. The van der Waals surface area contributed by atoms with Crippen LogP contribution in [0, 0.1) is 0 Å². The first-order chi connectivity index (χ1) is 8.94. The zero-order valence-corrected chi connectivity index (χ0v) is 10.8. The van der Waals surface area contributed by atoms with E-state index in [0.29, 0.717) is 5.69 Å². The fraction of sp³-hybridized carbons (Fsp3) is 0.286. The molecule has 0 bridgehead atoms. The van der Waals surface area contributed by atoms with Crippen molar-refractivity contribution in [3.63, 3.8) is 0 Å². The van der Waals surface area contributed by atoms with E-state index in [1.807, 2.05) is 38.1 Å². The Morgan fingerprint density at radius 1 is 1.37 bits per heavy atom. The third kappa shape index (κ3) is 2.66. The van der Waals surface area contributed by atoms with Crippen LogP contribution in [0.3, 0.4) is 0 Å². The van der Waals surface area contributed by atoms with Gasteiger partial charge in [-0.25, -0.2) is 4.79 Å². The van der Waals surface area contributed by atoms with Crippen molar-refractivity contribution in [2.24, 2.45) is 0 Å². The molecule has 5 nitrogen and oxygen atoms in total. The molecule has 0 amide bonds. The van der Waals surface area contributed by atoms with Crippen LogP contribution in [-0.2, 0) is 5.41 Å². The largest absolute Gasteiger partial charge is 0.477 e. The number of carboxylic acids is 1. The Hall–Kier alpha value is -2.14. The van der Waals surface area contributed by atoms with Crippen LogP contribution in [-0.4, -0.2) is 33.0 Å². The quantitative estimate of drug-likeness (QED) is 0.785. The standard InChI is InChI=1S/C14H16N2O3/c1-14(2,8-17)10-5-3-4-9(6-10)11-7-12(13(18)19)16-15-11/h3-7,17H,8H2,1-2H3,(H,15,16)(H,18,19). The summed E-state index contributed by atoms with van der Waals surface area (Å²) in [5, 5.41) is 24.7. The van der Waals surface area contributed by atoms with Crippen molar-refractivity contribution in [1.29, 1.82) is 0 Å². The number of nitrogens with one attached hydrogen (secondary N) is 1. The van der Waals surface area contributed by atoms with Gasteiger partial charge in [-0.15, -0.1) is 0 Å². The molecule has 1 aromatic carbocycles. The normalized spacial score (nSPS) is 11.5. The predicted octanol–water partition coefficient (Wildman–Crippen LogP) is 2.04. The first kappa shape index (κ1) is 13.3. The molecule has 1 heterocycles. The lowest BCUT2D eigenvalue weighted by Gasteiger charge is -2.22. The molecule has 0 radical (unpaired) electrons. The summed E-state index contributed by atoms with van der Waals surface area (Å²) >= 11 is 0. The number of hydrogen-bond donors (Lipinski definition) is 3. The van der Waals surface area contributed by atoms with Gasteiger partial charge >= 0.3 is 5.97 Å². The van der Waals surface area contributed by atoms with E-state index >= 15 is 0 Å².